The summed E-state index contributed by atoms with van der Waals surface area (Å²) in [5, 5.41) is 0. The van der Waals surface area contributed by atoms with Crippen LogP contribution in [0.1, 0.15) is 20.3 Å². The van der Waals surface area contributed by atoms with Gasteiger partial charge in [0.1, 0.15) is 0 Å². The maximum atomic E-state index is 14.1. The summed E-state index contributed by atoms with van der Waals surface area (Å²) in [5.41, 5.74) is 0. The molecule has 1 fully saturated rings. The number of halogens is 12. The van der Waals surface area contributed by atoms with Crippen molar-refractivity contribution in [1.29, 1.82) is 0 Å². The maximum Gasteiger partial charge on any atom is 0.453 e. The largest absolute Gasteiger partial charge is 0.453 e. The van der Waals surface area contributed by atoms with E-state index in [2.05, 4.69) is 9.47 Å². The van der Waals surface area contributed by atoms with Crippen LogP contribution in [-0.4, -0.2) is 41.7 Å². The monoisotopic (exact) mass is 388 g/mol. The molecular weight excluding hydrogens is 380 g/mol. The number of alkyl halides is 12. The van der Waals surface area contributed by atoms with Gasteiger partial charge in [-0.2, -0.15) is 35.1 Å². The van der Waals surface area contributed by atoms with E-state index in [4.69, 9.17) is 0 Å². The Balaban J connectivity index is 3.43. The highest BCUT2D eigenvalue weighted by Crippen LogP contribution is 2.61. The van der Waals surface area contributed by atoms with E-state index in [0.29, 0.717) is 0 Å². The van der Waals surface area contributed by atoms with Crippen molar-refractivity contribution >= 4 is 0 Å². The lowest BCUT2D eigenvalue weighted by Gasteiger charge is -2.33. The van der Waals surface area contributed by atoms with Gasteiger partial charge in [0, 0.05) is 13.8 Å². The molecule has 0 radical (unpaired) electrons. The van der Waals surface area contributed by atoms with Gasteiger partial charge < -0.3 is 0 Å². The molecule has 0 aromatic carbocycles. The second-order valence-electron chi connectivity index (χ2n) is 5.23. The minimum atomic E-state index is -6.66. The molecule has 0 amide bonds. The van der Waals surface area contributed by atoms with Crippen molar-refractivity contribution in [1.82, 2.24) is 0 Å². The molecule has 1 saturated heterocycles. The van der Waals surface area contributed by atoms with E-state index >= 15 is 0 Å². The summed E-state index contributed by atoms with van der Waals surface area (Å²) in [5.74, 6) is -26.6. The Morgan fingerprint density at radius 3 is 1.38 bits per heavy atom. The normalized spacial score (nSPS) is 32.2. The first-order chi connectivity index (χ1) is 10.1. The summed E-state index contributed by atoms with van der Waals surface area (Å²) < 4.78 is 161. The topological polar surface area (TPSA) is 18.5 Å². The van der Waals surface area contributed by atoms with Crippen molar-refractivity contribution in [2.45, 2.75) is 62.0 Å². The van der Waals surface area contributed by atoms with Crippen LogP contribution in [0.4, 0.5) is 52.7 Å². The van der Waals surface area contributed by atoms with E-state index in [-0.39, 0.29) is 0 Å². The third-order valence-corrected chi connectivity index (χ3v) is 3.15. The van der Waals surface area contributed by atoms with Crippen LogP contribution in [0, 0.1) is 0 Å². The summed E-state index contributed by atoms with van der Waals surface area (Å²) in [6, 6.07) is 0. The Morgan fingerprint density at radius 1 is 0.750 bits per heavy atom. The third-order valence-electron chi connectivity index (χ3n) is 3.15. The molecule has 24 heavy (non-hydrogen) atoms. The lowest BCUT2D eigenvalue weighted by Crippen LogP contribution is -2.59. The fraction of sp³-hybridized carbons (Fsp3) is 1.00. The Hall–Kier alpha value is -0.920. The molecule has 1 heterocycles. The highest BCUT2D eigenvalue weighted by atomic mass is 19.4. The second kappa shape index (κ2) is 5.05. The summed E-state index contributed by atoms with van der Waals surface area (Å²) in [7, 11) is 0. The molecule has 144 valence electrons. The smallest absolute Gasteiger partial charge is 0.293 e. The fourth-order valence-electron chi connectivity index (χ4n) is 1.71. The van der Waals surface area contributed by atoms with Crippen LogP contribution < -0.4 is 0 Å². The standard InChI is InChI=1S/C10H8F12O2/c1-4(11,12)6(14,15)3-7(16)5(2,13)23-8(24-7,9(17,18)19)10(20,21)22/h3H2,1-2H3. The second-order valence-corrected chi connectivity index (χ2v) is 5.23. The predicted octanol–water partition coefficient (Wildman–Crippen LogP) is 4.89. The van der Waals surface area contributed by atoms with Crippen molar-refractivity contribution in [3.63, 3.8) is 0 Å². The maximum absolute atomic E-state index is 14.1. The van der Waals surface area contributed by atoms with E-state index in [0.717, 1.165) is 0 Å². The summed E-state index contributed by atoms with van der Waals surface area (Å²) in [6.45, 7) is -0.918. The number of hydrogen-bond acceptors (Lipinski definition) is 2. The lowest BCUT2D eigenvalue weighted by atomic mass is 9.99. The third kappa shape index (κ3) is 3.02. The van der Waals surface area contributed by atoms with Crippen LogP contribution in [0.25, 0.3) is 0 Å². The number of rotatable bonds is 3. The van der Waals surface area contributed by atoms with Gasteiger partial charge >= 0.3 is 30.0 Å². The van der Waals surface area contributed by atoms with E-state index in [1.165, 1.54) is 0 Å². The zero-order chi connectivity index (χ0) is 19.6. The summed E-state index contributed by atoms with van der Waals surface area (Å²) in [4.78, 5) is 0. The van der Waals surface area contributed by atoms with Gasteiger partial charge in [0.05, 0.1) is 6.42 Å². The van der Waals surface area contributed by atoms with Gasteiger partial charge in [-0.3, -0.25) is 9.47 Å². The molecule has 0 spiro atoms. The number of hydrogen-bond donors (Lipinski definition) is 0. The molecule has 0 aliphatic carbocycles. The van der Waals surface area contributed by atoms with Crippen LogP contribution in [0.2, 0.25) is 0 Å². The molecular formula is C10H8F12O2. The number of ether oxygens (including phenoxy) is 2. The van der Waals surface area contributed by atoms with E-state index < -0.39 is 62.0 Å². The minimum absolute atomic E-state index is 0.421. The van der Waals surface area contributed by atoms with Gasteiger partial charge in [0.2, 0.25) is 0 Å². The van der Waals surface area contributed by atoms with Crippen LogP contribution in [0.15, 0.2) is 0 Å². The first-order valence-electron chi connectivity index (χ1n) is 5.79. The molecule has 2 nitrogen and oxygen atoms in total. The van der Waals surface area contributed by atoms with E-state index in [1.807, 2.05) is 0 Å². The first kappa shape index (κ1) is 21.1. The van der Waals surface area contributed by atoms with E-state index in [9.17, 15) is 52.7 Å². The average molecular weight is 388 g/mol. The Bertz CT molecular complexity index is 474. The van der Waals surface area contributed by atoms with Crippen molar-refractivity contribution in [2.24, 2.45) is 0 Å². The predicted molar refractivity (Wildman–Crippen MR) is 50.5 cm³/mol. The van der Waals surface area contributed by atoms with Crippen molar-refractivity contribution in [3.05, 3.63) is 0 Å². The van der Waals surface area contributed by atoms with Gasteiger partial charge in [-0.05, 0) is 0 Å². The summed E-state index contributed by atoms with van der Waals surface area (Å²) in [6.07, 6.45) is -16.5. The molecule has 2 unspecified atom stereocenters. The molecule has 0 aromatic rings. The summed E-state index contributed by atoms with van der Waals surface area (Å²) >= 11 is 0. The van der Waals surface area contributed by atoms with Gasteiger partial charge in [0.15, 0.2) is 0 Å². The minimum Gasteiger partial charge on any atom is -0.293 e. The Labute approximate surface area is 125 Å². The quantitative estimate of drug-likeness (QED) is 0.642. The molecule has 0 saturated carbocycles. The van der Waals surface area contributed by atoms with Crippen LogP contribution in [0.5, 0.6) is 0 Å². The van der Waals surface area contributed by atoms with E-state index in [1.54, 1.807) is 0 Å². The van der Waals surface area contributed by atoms with Gasteiger partial charge in [0.25, 0.3) is 11.7 Å². The fourth-order valence-corrected chi connectivity index (χ4v) is 1.71. The van der Waals surface area contributed by atoms with Crippen molar-refractivity contribution in [3.8, 4) is 0 Å². The average Bonchev–Trinajstić information content (AvgIpc) is 2.42. The van der Waals surface area contributed by atoms with Gasteiger partial charge in [-0.25, -0.2) is 17.6 Å². The Morgan fingerprint density at radius 2 is 1.12 bits per heavy atom. The molecule has 1 rings (SSSR count). The Kier molecular flexibility index (Phi) is 4.44. The molecule has 2 atom stereocenters. The van der Waals surface area contributed by atoms with Gasteiger partial charge in [-0.1, -0.05) is 0 Å². The van der Waals surface area contributed by atoms with Crippen molar-refractivity contribution < 1.29 is 62.2 Å². The lowest BCUT2D eigenvalue weighted by molar-refractivity contribution is -0.459. The first-order valence-corrected chi connectivity index (χ1v) is 5.79. The van der Waals surface area contributed by atoms with Crippen LogP contribution in [-0.2, 0) is 9.47 Å². The molecule has 0 aromatic heterocycles. The van der Waals surface area contributed by atoms with Crippen molar-refractivity contribution in [2.75, 3.05) is 0 Å². The zero-order valence-corrected chi connectivity index (χ0v) is 11.6. The molecule has 0 N–H and O–H groups in total. The molecule has 1 aliphatic heterocycles. The zero-order valence-electron chi connectivity index (χ0n) is 11.6. The molecule has 0 bridgehead atoms. The SMILES string of the molecule is CC(F)(F)C(F)(F)CC1(F)OC(C(F)(F)F)(C(F)(F)F)OC1(C)F. The highest BCUT2D eigenvalue weighted by Gasteiger charge is 2.86. The van der Waals surface area contributed by atoms with Crippen LogP contribution in [0.3, 0.4) is 0 Å². The highest BCUT2D eigenvalue weighted by molar-refractivity contribution is 5.04. The molecule has 1 aliphatic rings. The van der Waals surface area contributed by atoms with Gasteiger partial charge in [-0.15, -0.1) is 0 Å². The molecule has 14 heteroatoms. The van der Waals surface area contributed by atoms with Crippen LogP contribution >= 0.6 is 0 Å².